The Morgan fingerprint density at radius 1 is 1.33 bits per heavy atom. The Bertz CT molecular complexity index is 778. The number of likely N-dealkylation sites (N-methyl/N-ethyl adjacent to an activating group) is 1. The second-order valence-corrected chi connectivity index (χ2v) is 7.45. The highest BCUT2D eigenvalue weighted by Gasteiger charge is 2.47. The third-order valence-electron chi connectivity index (χ3n) is 5.18. The van der Waals surface area contributed by atoms with Gasteiger partial charge in [0.1, 0.15) is 5.54 Å². The number of aromatic nitrogens is 4. The third kappa shape index (κ3) is 4.12. The van der Waals surface area contributed by atoms with Gasteiger partial charge in [-0.05, 0) is 48.6 Å². The van der Waals surface area contributed by atoms with Crippen molar-refractivity contribution >= 4 is 17.5 Å². The molecule has 1 aromatic heterocycles. The standard InChI is InChI=1S/C18H25ClN6O2/c1-23(2)18(17-20-21-22-25(17)10-11-27-3)8-9-24(13-18)16(26)12-14-4-6-15(19)7-5-14/h4-7H,8-13H2,1-3H3. The molecule has 9 heteroatoms. The summed E-state index contributed by atoms with van der Waals surface area (Å²) in [6.07, 6.45) is 1.13. The molecule has 0 saturated carbocycles. The number of likely N-dealkylation sites (tertiary alicyclic amines) is 1. The molecule has 1 amide bonds. The van der Waals surface area contributed by atoms with Gasteiger partial charge in [-0.15, -0.1) is 5.10 Å². The third-order valence-corrected chi connectivity index (χ3v) is 5.43. The zero-order chi connectivity index (χ0) is 19.4. The molecule has 1 atom stereocenters. The van der Waals surface area contributed by atoms with Crippen LogP contribution in [0, 0.1) is 0 Å². The maximum atomic E-state index is 12.8. The zero-order valence-corrected chi connectivity index (χ0v) is 16.7. The average Bonchev–Trinajstić information content (AvgIpc) is 3.29. The summed E-state index contributed by atoms with van der Waals surface area (Å²) in [5.41, 5.74) is 0.545. The van der Waals surface area contributed by atoms with Crippen LogP contribution in [0.3, 0.4) is 0 Å². The average molecular weight is 393 g/mol. The number of hydrogen-bond donors (Lipinski definition) is 0. The van der Waals surface area contributed by atoms with Gasteiger partial charge in [-0.3, -0.25) is 9.69 Å². The molecule has 1 aromatic carbocycles. The van der Waals surface area contributed by atoms with Gasteiger partial charge in [-0.1, -0.05) is 23.7 Å². The predicted molar refractivity (Wildman–Crippen MR) is 101 cm³/mol. The molecule has 0 radical (unpaired) electrons. The maximum absolute atomic E-state index is 12.8. The number of ether oxygens (including phenoxy) is 1. The van der Waals surface area contributed by atoms with Crippen molar-refractivity contribution < 1.29 is 9.53 Å². The molecule has 0 N–H and O–H groups in total. The van der Waals surface area contributed by atoms with E-state index in [1.807, 2.05) is 43.3 Å². The summed E-state index contributed by atoms with van der Waals surface area (Å²) >= 11 is 5.92. The Morgan fingerprint density at radius 3 is 2.74 bits per heavy atom. The van der Waals surface area contributed by atoms with Crippen LogP contribution in [0.2, 0.25) is 5.02 Å². The van der Waals surface area contributed by atoms with E-state index in [2.05, 4.69) is 20.4 Å². The van der Waals surface area contributed by atoms with Gasteiger partial charge in [0.2, 0.25) is 5.91 Å². The van der Waals surface area contributed by atoms with E-state index in [4.69, 9.17) is 16.3 Å². The molecule has 1 aliphatic heterocycles. The fourth-order valence-corrected chi connectivity index (χ4v) is 3.64. The first-order chi connectivity index (χ1) is 13.0. The lowest BCUT2D eigenvalue weighted by atomic mass is 9.96. The molecular formula is C18H25ClN6O2. The van der Waals surface area contributed by atoms with E-state index in [0.29, 0.717) is 37.7 Å². The largest absolute Gasteiger partial charge is 0.383 e. The number of carbonyl (C=O) groups excluding carboxylic acids is 1. The van der Waals surface area contributed by atoms with Gasteiger partial charge in [-0.25, -0.2) is 4.68 Å². The van der Waals surface area contributed by atoms with Crippen LogP contribution in [0.25, 0.3) is 0 Å². The zero-order valence-electron chi connectivity index (χ0n) is 15.9. The van der Waals surface area contributed by atoms with Crippen molar-refractivity contribution in [1.29, 1.82) is 0 Å². The lowest BCUT2D eigenvalue weighted by Crippen LogP contribution is -2.47. The molecule has 2 aromatic rings. The van der Waals surface area contributed by atoms with Gasteiger partial charge in [0.25, 0.3) is 0 Å². The van der Waals surface area contributed by atoms with E-state index in [9.17, 15) is 4.79 Å². The van der Waals surface area contributed by atoms with Crippen molar-refractivity contribution in [3.8, 4) is 0 Å². The van der Waals surface area contributed by atoms with Crippen LogP contribution in [0.4, 0.5) is 0 Å². The van der Waals surface area contributed by atoms with Gasteiger partial charge < -0.3 is 9.64 Å². The van der Waals surface area contributed by atoms with Gasteiger partial charge in [0, 0.05) is 25.2 Å². The molecule has 3 rings (SSSR count). The summed E-state index contributed by atoms with van der Waals surface area (Å²) in [4.78, 5) is 16.8. The molecule has 1 unspecified atom stereocenters. The van der Waals surface area contributed by atoms with E-state index < -0.39 is 5.54 Å². The molecule has 0 aliphatic carbocycles. The molecule has 0 spiro atoms. The van der Waals surface area contributed by atoms with Crippen LogP contribution in [0.15, 0.2) is 24.3 Å². The Labute approximate surface area is 164 Å². The quantitative estimate of drug-likeness (QED) is 0.704. The molecule has 146 valence electrons. The highest BCUT2D eigenvalue weighted by molar-refractivity contribution is 6.30. The fraction of sp³-hybridized carbons (Fsp3) is 0.556. The summed E-state index contributed by atoms with van der Waals surface area (Å²) in [5.74, 6) is 0.864. The van der Waals surface area contributed by atoms with E-state index in [1.54, 1.807) is 11.8 Å². The molecule has 1 fully saturated rings. The normalized spacial score (nSPS) is 19.8. The number of carbonyl (C=O) groups is 1. The number of methoxy groups -OCH3 is 1. The van der Waals surface area contributed by atoms with Crippen molar-refractivity contribution in [3.63, 3.8) is 0 Å². The number of hydrogen-bond acceptors (Lipinski definition) is 6. The van der Waals surface area contributed by atoms with Crippen molar-refractivity contribution in [3.05, 3.63) is 40.7 Å². The first-order valence-corrected chi connectivity index (χ1v) is 9.29. The first-order valence-electron chi connectivity index (χ1n) is 8.91. The van der Waals surface area contributed by atoms with Gasteiger partial charge in [0.15, 0.2) is 5.82 Å². The summed E-state index contributed by atoms with van der Waals surface area (Å²) in [7, 11) is 5.66. The Hall–Kier alpha value is -2.03. The fourth-order valence-electron chi connectivity index (χ4n) is 3.51. The number of amides is 1. The van der Waals surface area contributed by atoms with Crippen molar-refractivity contribution in [2.24, 2.45) is 0 Å². The molecule has 1 aliphatic rings. The molecule has 2 heterocycles. The number of tetrazole rings is 1. The van der Waals surface area contributed by atoms with E-state index >= 15 is 0 Å². The van der Waals surface area contributed by atoms with Gasteiger partial charge in [-0.2, -0.15) is 0 Å². The topological polar surface area (TPSA) is 76.4 Å². The number of rotatable bonds is 7. The minimum Gasteiger partial charge on any atom is -0.383 e. The Morgan fingerprint density at radius 2 is 2.07 bits per heavy atom. The van der Waals surface area contributed by atoms with Gasteiger partial charge in [0.05, 0.1) is 19.6 Å². The van der Waals surface area contributed by atoms with Crippen molar-refractivity contribution in [1.82, 2.24) is 30.0 Å². The number of benzene rings is 1. The van der Waals surface area contributed by atoms with Gasteiger partial charge >= 0.3 is 0 Å². The summed E-state index contributed by atoms with van der Waals surface area (Å²) in [6, 6.07) is 7.39. The SMILES string of the molecule is COCCn1nnnc1C1(N(C)C)CCN(C(=O)Cc2ccc(Cl)cc2)C1. The van der Waals surface area contributed by atoms with Crippen molar-refractivity contribution in [2.75, 3.05) is 40.9 Å². The van der Waals surface area contributed by atoms with Crippen molar-refractivity contribution in [2.45, 2.75) is 24.9 Å². The van der Waals surface area contributed by atoms with E-state index in [-0.39, 0.29) is 5.91 Å². The predicted octanol–water partition coefficient (Wildman–Crippen LogP) is 1.20. The number of halogens is 1. The Balaban J connectivity index is 1.76. The second-order valence-electron chi connectivity index (χ2n) is 7.01. The highest BCUT2D eigenvalue weighted by Crippen LogP contribution is 2.35. The smallest absolute Gasteiger partial charge is 0.227 e. The van der Waals surface area contributed by atoms with Crippen LogP contribution >= 0.6 is 11.6 Å². The monoisotopic (exact) mass is 392 g/mol. The molecule has 1 saturated heterocycles. The summed E-state index contributed by atoms with van der Waals surface area (Å²) in [5, 5.41) is 12.9. The minimum absolute atomic E-state index is 0.0944. The molecule has 0 bridgehead atoms. The van der Waals surface area contributed by atoms with Crippen LogP contribution < -0.4 is 0 Å². The van der Waals surface area contributed by atoms with E-state index in [0.717, 1.165) is 17.8 Å². The van der Waals surface area contributed by atoms with E-state index in [1.165, 1.54) is 0 Å². The van der Waals surface area contributed by atoms with Crippen LogP contribution in [0.5, 0.6) is 0 Å². The first kappa shape index (κ1) is 19.7. The minimum atomic E-state index is -0.410. The Kier molecular flexibility index (Phi) is 6.08. The maximum Gasteiger partial charge on any atom is 0.227 e. The second kappa shape index (κ2) is 8.33. The number of nitrogens with zero attached hydrogens (tertiary/aromatic N) is 6. The summed E-state index contributed by atoms with van der Waals surface area (Å²) in [6.45, 7) is 2.33. The van der Waals surface area contributed by atoms with Crippen LogP contribution in [-0.2, 0) is 28.0 Å². The summed E-state index contributed by atoms with van der Waals surface area (Å²) < 4.78 is 6.93. The molecule has 8 nitrogen and oxygen atoms in total. The lowest BCUT2D eigenvalue weighted by Gasteiger charge is -2.34. The van der Waals surface area contributed by atoms with Crippen LogP contribution in [-0.4, -0.2) is 76.8 Å². The molecule has 27 heavy (non-hydrogen) atoms. The van der Waals surface area contributed by atoms with Crippen LogP contribution in [0.1, 0.15) is 17.8 Å². The lowest BCUT2D eigenvalue weighted by molar-refractivity contribution is -0.130. The molecular weight excluding hydrogens is 368 g/mol. The highest BCUT2D eigenvalue weighted by atomic mass is 35.5.